The topological polar surface area (TPSA) is 73.1 Å². The molecule has 0 bridgehead atoms. The second kappa shape index (κ2) is 6.48. The fraction of sp³-hybridized carbons (Fsp3) is 0.529. The summed E-state index contributed by atoms with van der Waals surface area (Å²) in [4.78, 5) is 4.52. The predicted molar refractivity (Wildman–Crippen MR) is 93.0 cm³/mol. The molecule has 0 radical (unpaired) electrons. The maximum atomic E-state index is 11.8. The summed E-state index contributed by atoms with van der Waals surface area (Å²) >= 11 is 5.94. The number of hydrogen-bond donors (Lipinski definition) is 0. The number of rotatable bonds is 4. The summed E-state index contributed by atoms with van der Waals surface area (Å²) in [5.74, 6) is 1.68. The Bertz CT molecular complexity index is 813. The van der Waals surface area contributed by atoms with Crippen LogP contribution in [0.15, 0.2) is 28.8 Å². The van der Waals surface area contributed by atoms with Crippen LogP contribution in [0.5, 0.6) is 0 Å². The molecule has 2 heterocycles. The van der Waals surface area contributed by atoms with Gasteiger partial charge in [0, 0.05) is 11.4 Å². The molecular weight excluding hydrogens is 348 g/mol. The lowest BCUT2D eigenvalue weighted by Gasteiger charge is -2.21. The van der Waals surface area contributed by atoms with Crippen LogP contribution in [0.4, 0.5) is 0 Å². The van der Waals surface area contributed by atoms with Crippen molar-refractivity contribution in [3.63, 3.8) is 0 Å². The lowest BCUT2D eigenvalue weighted by atomic mass is 9.84. The molecule has 130 valence electrons. The fourth-order valence-electron chi connectivity index (χ4n) is 3.11. The summed E-state index contributed by atoms with van der Waals surface area (Å²) in [6.45, 7) is 4.05. The second-order valence-electron chi connectivity index (χ2n) is 6.97. The van der Waals surface area contributed by atoms with E-state index in [1.807, 2.05) is 38.1 Å². The molecule has 1 fully saturated rings. The molecule has 0 aliphatic carbocycles. The zero-order chi connectivity index (χ0) is 17.4. The van der Waals surface area contributed by atoms with Crippen molar-refractivity contribution in [2.45, 2.75) is 38.5 Å². The summed E-state index contributed by atoms with van der Waals surface area (Å²) in [5, 5.41) is 4.80. The van der Waals surface area contributed by atoms with E-state index in [9.17, 15) is 8.42 Å². The number of aromatic nitrogens is 2. The van der Waals surface area contributed by atoms with Gasteiger partial charge in [-0.05, 0) is 50.3 Å². The molecule has 1 unspecified atom stereocenters. The third-order valence-electron chi connectivity index (χ3n) is 4.61. The van der Waals surface area contributed by atoms with Gasteiger partial charge in [-0.15, -0.1) is 0 Å². The molecule has 1 aromatic heterocycles. The fourth-order valence-corrected chi connectivity index (χ4v) is 5.01. The monoisotopic (exact) mass is 368 g/mol. The van der Waals surface area contributed by atoms with Crippen LogP contribution in [0.3, 0.4) is 0 Å². The van der Waals surface area contributed by atoms with Gasteiger partial charge >= 0.3 is 0 Å². The molecule has 3 rings (SSSR count). The Balaban J connectivity index is 1.76. The van der Waals surface area contributed by atoms with Crippen LogP contribution in [0.1, 0.15) is 44.0 Å². The van der Waals surface area contributed by atoms with Crippen LogP contribution in [-0.4, -0.2) is 30.1 Å². The molecular formula is C17H21ClN2O3S. The first kappa shape index (κ1) is 17.4. The summed E-state index contributed by atoms with van der Waals surface area (Å²) in [6.07, 6.45) is 2.12. The van der Waals surface area contributed by atoms with Gasteiger partial charge in [0.15, 0.2) is 15.7 Å². The lowest BCUT2D eigenvalue weighted by Crippen LogP contribution is -2.26. The van der Waals surface area contributed by atoms with E-state index in [0.29, 0.717) is 35.3 Å². The molecule has 2 aromatic rings. The van der Waals surface area contributed by atoms with Crippen molar-refractivity contribution in [1.29, 1.82) is 0 Å². The maximum Gasteiger partial charge on any atom is 0.226 e. The number of nitrogens with zero attached hydrogens (tertiary/aromatic N) is 2. The van der Waals surface area contributed by atoms with Crippen molar-refractivity contribution in [1.82, 2.24) is 10.1 Å². The lowest BCUT2D eigenvalue weighted by molar-refractivity contribution is 0.342. The van der Waals surface area contributed by atoms with Gasteiger partial charge in [-0.1, -0.05) is 28.9 Å². The van der Waals surface area contributed by atoms with Crippen molar-refractivity contribution in [3.05, 3.63) is 46.6 Å². The summed E-state index contributed by atoms with van der Waals surface area (Å²) < 4.78 is 28.9. The van der Waals surface area contributed by atoms with E-state index in [1.165, 1.54) is 0 Å². The minimum atomic E-state index is -2.92. The van der Waals surface area contributed by atoms with E-state index in [4.69, 9.17) is 16.1 Å². The van der Waals surface area contributed by atoms with Crippen LogP contribution >= 0.6 is 11.6 Å². The van der Waals surface area contributed by atoms with E-state index < -0.39 is 15.3 Å². The number of benzene rings is 1. The van der Waals surface area contributed by atoms with E-state index >= 15 is 0 Å². The Morgan fingerprint density at radius 3 is 2.67 bits per heavy atom. The van der Waals surface area contributed by atoms with Gasteiger partial charge in [-0.2, -0.15) is 4.98 Å². The van der Waals surface area contributed by atoms with Crippen LogP contribution in [0.25, 0.3) is 0 Å². The Kier molecular flexibility index (Phi) is 4.71. The first-order valence-corrected chi connectivity index (χ1v) is 10.3. The molecule has 0 spiro atoms. The average molecular weight is 369 g/mol. The van der Waals surface area contributed by atoms with Crippen molar-refractivity contribution >= 4 is 21.4 Å². The van der Waals surface area contributed by atoms with Crippen LogP contribution < -0.4 is 0 Å². The van der Waals surface area contributed by atoms with Gasteiger partial charge < -0.3 is 4.52 Å². The molecule has 5 nitrogen and oxygen atoms in total. The SMILES string of the molecule is CC(C)(c1ccc(Cl)cc1)c1noc(CC2CCCS(=O)(=O)C2)n1. The molecule has 0 amide bonds. The number of sulfone groups is 1. The van der Waals surface area contributed by atoms with E-state index in [1.54, 1.807) is 0 Å². The van der Waals surface area contributed by atoms with E-state index in [0.717, 1.165) is 12.0 Å². The number of hydrogen-bond acceptors (Lipinski definition) is 5. The van der Waals surface area contributed by atoms with Gasteiger partial charge in [0.05, 0.1) is 16.9 Å². The minimum absolute atomic E-state index is 0.0655. The van der Waals surface area contributed by atoms with Crippen molar-refractivity contribution in [2.24, 2.45) is 5.92 Å². The molecule has 7 heteroatoms. The maximum absolute atomic E-state index is 11.8. The quantitative estimate of drug-likeness (QED) is 0.826. The highest BCUT2D eigenvalue weighted by atomic mass is 35.5. The molecule has 0 saturated carbocycles. The van der Waals surface area contributed by atoms with E-state index in [-0.39, 0.29) is 11.7 Å². The standard InChI is InChI=1S/C17H21ClN2O3S/c1-17(2,13-5-7-14(18)8-6-13)16-19-15(23-20-16)10-12-4-3-9-24(21,22)11-12/h5-8,12H,3-4,9-11H2,1-2H3. The molecule has 1 atom stereocenters. The highest BCUT2D eigenvalue weighted by Gasteiger charge is 2.31. The molecule has 1 aliphatic rings. The highest BCUT2D eigenvalue weighted by Crippen LogP contribution is 2.31. The third kappa shape index (κ3) is 3.81. The average Bonchev–Trinajstić information content (AvgIpc) is 2.96. The Morgan fingerprint density at radius 1 is 1.29 bits per heavy atom. The zero-order valence-electron chi connectivity index (χ0n) is 13.8. The first-order valence-electron chi connectivity index (χ1n) is 8.06. The highest BCUT2D eigenvalue weighted by molar-refractivity contribution is 7.91. The smallest absolute Gasteiger partial charge is 0.226 e. The summed E-state index contributed by atoms with van der Waals surface area (Å²) in [5.41, 5.74) is 0.629. The zero-order valence-corrected chi connectivity index (χ0v) is 15.4. The molecule has 1 aromatic carbocycles. The predicted octanol–water partition coefficient (Wildman–Crippen LogP) is 3.42. The largest absolute Gasteiger partial charge is 0.339 e. The molecule has 1 saturated heterocycles. The second-order valence-corrected chi connectivity index (χ2v) is 9.64. The van der Waals surface area contributed by atoms with Gasteiger partial charge in [-0.25, -0.2) is 8.42 Å². The minimum Gasteiger partial charge on any atom is -0.339 e. The summed E-state index contributed by atoms with van der Waals surface area (Å²) in [7, 11) is -2.92. The van der Waals surface area contributed by atoms with Gasteiger partial charge in [0.1, 0.15) is 0 Å². The third-order valence-corrected chi connectivity index (χ3v) is 6.76. The Hall–Kier alpha value is -1.40. The van der Waals surface area contributed by atoms with Crippen molar-refractivity contribution in [3.8, 4) is 0 Å². The van der Waals surface area contributed by atoms with Gasteiger partial charge in [-0.3, -0.25) is 0 Å². The van der Waals surface area contributed by atoms with Crippen LogP contribution in [0.2, 0.25) is 5.02 Å². The Morgan fingerprint density at radius 2 is 2.00 bits per heavy atom. The van der Waals surface area contributed by atoms with E-state index in [2.05, 4.69) is 10.1 Å². The number of halogens is 1. The van der Waals surface area contributed by atoms with Gasteiger partial charge in [0.25, 0.3) is 0 Å². The molecule has 1 aliphatic heterocycles. The van der Waals surface area contributed by atoms with Crippen molar-refractivity contribution in [2.75, 3.05) is 11.5 Å². The van der Waals surface area contributed by atoms with Crippen molar-refractivity contribution < 1.29 is 12.9 Å². The first-order chi connectivity index (χ1) is 11.3. The van der Waals surface area contributed by atoms with Gasteiger partial charge in [0.2, 0.25) is 5.89 Å². The van der Waals surface area contributed by atoms with Crippen LogP contribution in [-0.2, 0) is 21.7 Å². The molecule has 0 N–H and O–H groups in total. The normalized spacial score (nSPS) is 20.9. The van der Waals surface area contributed by atoms with Crippen LogP contribution in [0, 0.1) is 5.92 Å². The summed E-state index contributed by atoms with van der Waals surface area (Å²) in [6, 6.07) is 7.58. The molecule has 24 heavy (non-hydrogen) atoms. The Labute approximate surface area is 147 Å².